The second-order valence-electron chi connectivity index (χ2n) is 3.71. The fourth-order valence-electron chi connectivity index (χ4n) is 1.79. The molecule has 2 aromatic heterocycles. The zero-order valence-corrected chi connectivity index (χ0v) is 11.4. The summed E-state index contributed by atoms with van der Waals surface area (Å²) in [6, 6.07) is 8.91. The minimum atomic E-state index is -0.119. The number of halogens is 1. The Bertz CT molecular complexity index is 847. The summed E-state index contributed by atoms with van der Waals surface area (Å²) in [5, 5.41) is 2.43. The summed E-state index contributed by atoms with van der Waals surface area (Å²) >= 11 is 12.6. The molecule has 3 aromatic rings. The number of hydrogen-bond donors (Lipinski definition) is 1. The van der Waals surface area contributed by atoms with Crippen LogP contribution in [0.1, 0.15) is 0 Å². The van der Waals surface area contributed by atoms with Crippen molar-refractivity contribution in [1.29, 1.82) is 0 Å². The summed E-state index contributed by atoms with van der Waals surface area (Å²) in [4.78, 5) is 15.4. The Hall–Kier alpha value is -1.43. The van der Waals surface area contributed by atoms with Gasteiger partial charge in [0.1, 0.15) is 4.70 Å². The standard InChI is InChI=1S/C12H7ClN2OS2/c13-7-2-1-3-8(6-7)15-11(16)10-9(4-5-18-10)14-12(15)17/h1-6H,(H,14,17). The van der Waals surface area contributed by atoms with Crippen molar-refractivity contribution in [1.82, 2.24) is 9.55 Å². The van der Waals surface area contributed by atoms with Gasteiger partial charge in [0, 0.05) is 5.02 Å². The van der Waals surface area contributed by atoms with Crippen LogP contribution < -0.4 is 5.56 Å². The van der Waals surface area contributed by atoms with Gasteiger partial charge in [0.05, 0.1) is 11.2 Å². The topological polar surface area (TPSA) is 37.8 Å². The average molecular weight is 295 g/mol. The smallest absolute Gasteiger partial charge is 0.276 e. The van der Waals surface area contributed by atoms with Gasteiger partial charge < -0.3 is 4.98 Å². The third-order valence-electron chi connectivity index (χ3n) is 2.57. The van der Waals surface area contributed by atoms with E-state index in [0.29, 0.717) is 20.2 Å². The third kappa shape index (κ3) is 1.80. The molecule has 0 spiro atoms. The average Bonchev–Trinajstić information content (AvgIpc) is 2.77. The molecular weight excluding hydrogens is 288 g/mol. The predicted molar refractivity (Wildman–Crippen MR) is 77.6 cm³/mol. The van der Waals surface area contributed by atoms with Gasteiger partial charge in [-0.1, -0.05) is 17.7 Å². The van der Waals surface area contributed by atoms with Gasteiger partial charge in [0.15, 0.2) is 4.77 Å². The molecular formula is C12H7ClN2OS2. The minimum Gasteiger partial charge on any atom is -0.331 e. The molecule has 1 aromatic carbocycles. The first-order valence-corrected chi connectivity index (χ1v) is 6.82. The molecule has 0 fully saturated rings. The Morgan fingerprint density at radius 3 is 2.94 bits per heavy atom. The molecule has 0 amide bonds. The van der Waals surface area contributed by atoms with E-state index in [0.717, 1.165) is 5.52 Å². The lowest BCUT2D eigenvalue weighted by Gasteiger charge is -2.06. The van der Waals surface area contributed by atoms with Crippen molar-refractivity contribution in [3.63, 3.8) is 0 Å². The Labute approximate surface area is 116 Å². The monoisotopic (exact) mass is 294 g/mol. The number of H-pyrrole nitrogens is 1. The second-order valence-corrected chi connectivity index (χ2v) is 5.45. The first kappa shape index (κ1) is 11.6. The third-order valence-corrected chi connectivity index (χ3v) is 4.00. The van der Waals surface area contributed by atoms with Gasteiger partial charge in [0.2, 0.25) is 0 Å². The number of rotatable bonds is 1. The van der Waals surface area contributed by atoms with Crippen LogP contribution >= 0.6 is 35.2 Å². The number of fused-ring (bicyclic) bond motifs is 1. The highest BCUT2D eigenvalue weighted by Crippen LogP contribution is 2.17. The molecule has 0 aliphatic rings. The highest BCUT2D eigenvalue weighted by Gasteiger charge is 2.08. The Morgan fingerprint density at radius 2 is 2.17 bits per heavy atom. The first-order valence-electron chi connectivity index (χ1n) is 5.15. The fraction of sp³-hybridized carbons (Fsp3) is 0. The number of aromatic nitrogens is 2. The minimum absolute atomic E-state index is 0.119. The summed E-state index contributed by atoms with van der Waals surface area (Å²) < 4.78 is 2.48. The molecule has 0 unspecified atom stereocenters. The SMILES string of the molecule is O=c1c2sccc2[nH]c(=S)n1-c1cccc(Cl)c1. The lowest BCUT2D eigenvalue weighted by atomic mass is 10.3. The Morgan fingerprint density at radius 1 is 1.33 bits per heavy atom. The van der Waals surface area contributed by atoms with Crippen LogP contribution in [-0.2, 0) is 0 Å². The number of nitrogens with zero attached hydrogens (tertiary/aromatic N) is 1. The van der Waals surface area contributed by atoms with Crippen molar-refractivity contribution in [3.8, 4) is 5.69 Å². The van der Waals surface area contributed by atoms with Crippen LogP contribution in [0, 0.1) is 4.77 Å². The van der Waals surface area contributed by atoms with Crippen molar-refractivity contribution >= 4 is 45.4 Å². The van der Waals surface area contributed by atoms with Gasteiger partial charge in [-0.05, 0) is 41.9 Å². The highest BCUT2D eigenvalue weighted by molar-refractivity contribution is 7.71. The van der Waals surface area contributed by atoms with E-state index < -0.39 is 0 Å². The molecule has 0 saturated heterocycles. The van der Waals surface area contributed by atoms with Gasteiger partial charge in [-0.3, -0.25) is 9.36 Å². The highest BCUT2D eigenvalue weighted by atomic mass is 35.5. The van der Waals surface area contributed by atoms with E-state index in [1.165, 1.54) is 15.9 Å². The lowest BCUT2D eigenvalue weighted by Crippen LogP contribution is -2.19. The molecule has 0 bridgehead atoms. The van der Waals surface area contributed by atoms with Crippen molar-refractivity contribution in [3.05, 3.63) is 55.9 Å². The maximum Gasteiger partial charge on any atom is 0.276 e. The lowest BCUT2D eigenvalue weighted by molar-refractivity contribution is 0.944. The largest absolute Gasteiger partial charge is 0.331 e. The van der Waals surface area contributed by atoms with Gasteiger partial charge in [0.25, 0.3) is 5.56 Å². The number of thiophene rings is 1. The predicted octanol–water partition coefficient (Wildman–Crippen LogP) is 3.76. The molecule has 0 aliphatic heterocycles. The molecule has 90 valence electrons. The number of aromatic amines is 1. The van der Waals surface area contributed by atoms with E-state index in [4.69, 9.17) is 23.8 Å². The van der Waals surface area contributed by atoms with E-state index in [1.807, 2.05) is 11.4 Å². The molecule has 0 radical (unpaired) electrons. The molecule has 2 heterocycles. The van der Waals surface area contributed by atoms with E-state index >= 15 is 0 Å². The molecule has 1 N–H and O–H groups in total. The first-order chi connectivity index (χ1) is 8.66. The maximum absolute atomic E-state index is 12.4. The number of nitrogens with one attached hydrogen (secondary N) is 1. The number of benzene rings is 1. The zero-order chi connectivity index (χ0) is 12.7. The van der Waals surface area contributed by atoms with Crippen LogP contribution in [0.3, 0.4) is 0 Å². The van der Waals surface area contributed by atoms with E-state index in [2.05, 4.69) is 4.98 Å². The fourth-order valence-corrected chi connectivity index (χ4v) is 3.05. The normalized spacial score (nSPS) is 10.9. The van der Waals surface area contributed by atoms with Crippen molar-refractivity contribution in [2.24, 2.45) is 0 Å². The summed E-state index contributed by atoms with van der Waals surface area (Å²) in [6.07, 6.45) is 0. The number of hydrogen-bond acceptors (Lipinski definition) is 3. The second kappa shape index (κ2) is 4.35. The van der Waals surface area contributed by atoms with Crippen molar-refractivity contribution in [2.75, 3.05) is 0 Å². The van der Waals surface area contributed by atoms with Gasteiger partial charge >= 0.3 is 0 Å². The zero-order valence-electron chi connectivity index (χ0n) is 9.01. The summed E-state index contributed by atoms with van der Waals surface area (Å²) in [7, 11) is 0. The molecule has 0 aliphatic carbocycles. The molecule has 0 atom stereocenters. The quantitative estimate of drug-likeness (QED) is 0.694. The van der Waals surface area contributed by atoms with Gasteiger partial charge in [-0.25, -0.2) is 0 Å². The van der Waals surface area contributed by atoms with Crippen LogP contribution in [0.25, 0.3) is 15.9 Å². The maximum atomic E-state index is 12.4. The Balaban J connectivity index is 2.42. The van der Waals surface area contributed by atoms with Crippen LogP contribution in [0.4, 0.5) is 0 Å². The van der Waals surface area contributed by atoms with Gasteiger partial charge in [-0.2, -0.15) is 0 Å². The van der Waals surface area contributed by atoms with E-state index in [9.17, 15) is 4.79 Å². The molecule has 18 heavy (non-hydrogen) atoms. The van der Waals surface area contributed by atoms with Crippen molar-refractivity contribution in [2.45, 2.75) is 0 Å². The van der Waals surface area contributed by atoms with Crippen LogP contribution in [0.15, 0.2) is 40.5 Å². The summed E-state index contributed by atoms with van der Waals surface area (Å²) in [6.45, 7) is 0. The molecule has 3 rings (SSSR count). The Kier molecular flexibility index (Phi) is 2.81. The molecule has 6 heteroatoms. The van der Waals surface area contributed by atoms with Crippen LogP contribution in [0.2, 0.25) is 5.02 Å². The van der Waals surface area contributed by atoms with E-state index in [-0.39, 0.29) is 5.56 Å². The molecule has 0 saturated carbocycles. The van der Waals surface area contributed by atoms with Crippen molar-refractivity contribution < 1.29 is 0 Å². The summed E-state index contributed by atoms with van der Waals surface area (Å²) in [5.41, 5.74) is 1.32. The van der Waals surface area contributed by atoms with Gasteiger partial charge in [-0.15, -0.1) is 11.3 Å². The molecule has 3 nitrogen and oxygen atoms in total. The van der Waals surface area contributed by atoms with Crippen LogP contribution in [-0.4, -0.2) is 9.55 Å². The van der Waals surface area contributed by atoms with Crippen LogP contribution in [0.5, 0.6) is 0 Å². The summed E-state index contributed by atoms with van der Waals surface area (Å²) in [5.74, 6) is 0. The van der Waals surface area contributed by atoms with E-state index in [1.54, 1.807) is 24.3 Å².